The normalized spacial score (nSPS) is 11.6. The highest BCUT2D eigenvalue weighted by atomic mass is 79.9. The number of halogens is 1. The number of nitrogen functional groups attached to an aromatic ring is 1. The van der Waals surface area contributed by atoms with Crippen molar-refractivity contribution >= 4 is 39.3 Å². The van der Waals surface area contributed by atoms with E-state index in [1.165, 1.54) is 7.11 Å². The second-order valence-corrected chi connectivity index (χ2v) is 7.87. The molecule has 2 amide bonds. The molecule has 0 saturated heterocycles. The van der Waals surface area contributed by atoms with E-state index >= 15 is 0 Å². The van der Waals surface area contributed by atoms with Crippen LogP contribution in [-0.4, -0.2) is 25.2 Å². The zero-order valence-electron chi connectivity index (χ0n) is 16.7. The number of methoxy groups -OCH3 is 1. The van der Waals surface area contributed by atoms with Crippen molar-refractivity contribution in [2.24, 2.45) is 5.92 Å². The van der Waals surface area contributed by atoms with Crippen LogP contribution < -0.4 is 21.1 Å². The number of carbonyl (C=O) groups excluding carboxylic acids is 2. The van der Waals surface area contributed by atoms with Gasteiger partial charge in [-0.1, -0.05) is 60.1 Å². The summed E-state index contributed by atoms with van der Waals surface area (Å²) in [5.74, 6) is 0.187. The Morgan fingerprint density at radius 2 is 1.86 bits per heavy atom. The van der Waals surface area contributed by atoms with Crippen molar-refractivity contribution in [1.29, 1.82) is 0 Å². The van der Waals surface area contributed by atoms with Crippen LogP contribution in [0.3, 0.4) is 0 Å². The molecule has 0 fully saturated rings. The molecule has 1 atom stereocenters. The number of benzene rings is 2. The van der Waals surface area contributed by atoms with Gasteiger partial charge in [0, 0.05) is 4.47 Å². The second-order valence-electron chi connectivity index (χ2n) is 6.95. The summed E-state index contributed by atoms with van der Waals surface area (Å²) in [6.45, 7) is 4.05. The van der Waals surface area contributed by atoms with Gasteiger partial charge in [0.1, 0.15) is 24.1 Å². The van der Waals surface area contributed by atoms with Gasteiger partial charge in [0.05, 0.1) is 12.8 Å². The summed E-state index contributed by atoms with van der Waals surface area (Å²) in [7, 11) is 1.49. The van der Waals surface area contributed by atoms with E-state index in [4.69, 9.17) is 15.2 Å². The number of carbonyl (C=O) groups is 2. The maximum Gasteiger partial charge on any atom is 0.408 e. The van der Waals surface area contributed by atoms with Gasteiger partial charge < -0.3 is 25.8 Å². The van der Waals surface area contributed by atoms with Crippen LogP contribution >= 0.6 is 15.9 Å². The summed E-state index contributed by atoms with van der Waals surface area (Å²) >= 11 is 3.34. The quantitative estimate of drug-likeness (QED) is 0.505. The lowest BCUT2D eigenvalue weighted by atomic mass is 10.0. The van der Waals surface area contributed by atoms with Gasteiger partial charge in [-0.2, -0.15) is 0 Å². The largest absolute Gasteiger partial charge is 0.494 e. The van der Waals surface area contributed by atoms with E-state index in [1.807, 2.05) is 44.2 Å². The molecule has 2 rings (SSSR count). The van der Waals surface area contributed by atoms with Crippen molar-refractivity contribution in [3.63, 3.8) is 0 Å². The van der Waals surface area contributed by atoms with Gasteiger partial charge in [-0.25, -0.2) is 4.79 Å². The lowest BCUT2D eigenvalue weighted by molar-refractivity contribution is -0.118. The Balaban J connectivity index is 2.07. The van der Waals surface area contributed by atoms with Crippen molar-refractivity contribution in [2.45, 2.75) is 32.9 Å². The number of rotatable bonds is 8. The van der Waals surface area contributed by atoms with E-state index in [9.17, 15) is 9.59 Å². The summed E-state index contributed by atoms with van der Waals surface area (Å²) in [5.41, 5.74) is 7.59. The Bertz CT molecular complexity index is 843. The lowest BCUT2D eigenvalue weighted by Gasteiger charge is -2.21. The van der Waals surface area contributed by atoms with Gasteiger partial charge in [-0.05, 0) is 30.0 Å². The average Bonchev–Trinajstić information content (AvgIpc) is 2.68. The highest BCUT2D eigenvalue weighted by molar-refractivity contribution is 9.10. The number of amides is 2. The van der Waals surface area contributed by atoms with E-state index in [1.54, 1.807) is 12.1 Å². The predicted octanol–water partition coefficient (Wildman–Crippen LogP) is 4.32. The molecule has 0 bridgehead atoms. The Hall–Kier alpha value is -2.74. The van der Waals surface area contributed by atoms with Gasteiger partial charge in [0.15, 0.2) is 0 Å². The van der Waals surface area contributed by atoms with Crippen molar-refractivity contribution in [3.8, 4) is 5.75 Å². The summed E-state index contributed by atoms with van der Waals surface area (Å²) in [6, 6.07) is 11.9. The number of nitrogens with two attached hydrogens (primary N) is 1. The maximum absolute atomic E-state index is 12.9. The standard InChI is InChI=1S/C21H26BrN3O4/c1-13(2)9-17(24-21(27)29-12-14-7-5-4-6-8-14)20(26)25-19-16(23)10-15(22)11-18(19)28-3/h4-8,10-11,13,17H,9,12,23H2,1-3H3,(H,24,27)(H,25,26)/t17-/m1/s1. The monoisotopic (exact) mass is 463 g/mol. The van der Waals surface area contributed by atoms with Gasteiger partial charge in [0.25, 0.3) is 0 Å². The van der Waals surface area contributed by atoms with Crippen LogP contribution in [0, 0.1) is 5.92 Å². The third kappa shape index (κ3) is 6.98. The molecule has 156 valence electrons. The van der Waals surface area contributed by atoms with Gasteiger partial charge >= 0.3 is 6.09 Å². The number of ether oxygens (including phenoxy) is 2. The van der Waals surface area contributed by atoms with Crippen molar-refractivity contribution in [3.05, 3.63) is 52.5 Å². The number of hydrogen-bond donors (Lipinski definition) is 3. The zero-order chi connectivity index (χ0) is 21.4. The van der Waals surface area contributed by atoms with E-state index in [2.05, 4.69) is 26.6 Å². The second kappa shape index (κ2) is 10.7. The summed E-state index contributed by atoms with van der Waals surface area (Å²) in [4.78, 5) is 25.1. The highest BCUT2D eigenvalue weighted by Crippen LogP contribution is 2.34. The number of hydrogen-bond acceptors (Lipinski definition) is 5. The van der Waals surface area contributed by atoms with Crippen LogP contribution in [0.1, 0.15) is 25.8 Å². The molecule has 0 radical (unpaired) electrons. The van der Waals surface area contributed by atoms with Crippen LogP contribution in [0.5, 0.6) is 5.75 Å². The average molecular weight is 464 g/mol. The number of alkyl carbamates (subject to hydrolysis) is 1. The summed E-state index contributed by atoms with van der Waals surface area (Å²) < 4.78 is 11.3. The Morgan fingerprint density at radius 1 is 1.17 bits per heavy atom. The first-order chi connectivity index (χ1) is 13.8. The van der Waals surface area contributed by atoms with Crippen LogP contribution in [0.25, 0.3) is 0 Å². The molecule has 29 heavy (non-hydrogen) atoms. The molecular weight excluding hydrogens is 438 g/mol. The molecule has 0 spiro atoms. The zero-order valence-corrected chi connectivity index (χ0v) is 18.3. The molecule has 0 heterocycles. The van der Waals surface area contributed by atoms with Crippen LogP contribution in [-0.2, 0) is 16.1 Å². The molecule has 0 unspecified atom stereocenters. The molecule has 0 saturated carbocycles. The smallest absolute Gasteiger partial charge is 0.408 e. The minimum absolute atomic E-state index is 0.121. The topological polar surface area (TPSA) is 103 Å². The summed E-state index contributed by atoms with van der Waals surface area (Å²) in [6.07, 6.45) is -0.226. The highest BCUT2D eigenvalue weighted by Gasteiger charge is 2.24. The van der Waals surface area contributed by atoms with Crippen LogP contribution in [0.4, 0.5) is 16.2 Å². The third-order valence-corrected chi connectivity index (χ3v) is 4.55. The van der Waals surface area contributed by atoms with Crippen molar-refractivity contribution in [2.75, 3.05) is 18.2 Å². The maximum atomic E-state index is 12.9. The van der Waals surface area contributed by atoms with E-state index in [-0.39, 0.29) is 12.5 Å². The number of anilines is 2. The molecular formula is C21H26BrN3O4. The fraction of sp³-hybridized carbons (Fsp3) is 0.333. The van der Waals surface area contributed by atoms with Crippen LogP contribution in [0.2, 0.25) is 0 Å². The van der Waals surface area contributed by atoms with Crippen LogP contribution in [0.15, 0.2) is 46.9 Å². The Kier molecular flexibility index (Phi) is 8.33. The molecule has 2 aromatic carbocycles. The lowest BCUT2D eigenvalue weighted by Crippen LogP contribution is -2.44. The predicted molar refractivity (Wildman–Crippen MR) is 117 cm³/mol. The van der Waals surface area contributed by atoms with Gasteiger partial charge in [-0.15, -0.1) is 0 Å². The first kappa shape index (κ1) is 22.5. The molecule has 0 aliphatic rings. The fourth-order valence-corrected chi connectivity index (χ4v) is 3.17. The molecule has 0 aromatic heterocycles. The molecule has 7 nitrogen and oxygen atoms in total. The third-order valence-electron chi connectivity index (χ3n) is 4.09. The molecule has 0 aliphatic heterocycles. The van der Waals surface area contributed by atoms with E-state index < -0.39 is 18.0 Å². The molecule has 8 heteroatoms. The SMILES string of the molecule is COc1cc(Br)cc(N)c1NC(=O)[C@@H](CC(C)C)NC(=O)OCc1ccccc1. The first-order valence-electron chi connectivity index (χ1n) is 9.21. The van der Waals surface area contributed by atoms with E-state index in [0.717, 1.165) is 10.0 Å². The number of nitrogens with one attached hydrogen (secondary N) is 2. The van der Waals surface area contributed by atoms with Gasteiger partial charge in [-0.3, -0.25) is 4.79 Å². The van der Waals surface area contributed by atoms with Gasteiger partial charge in [0.2, 0.25) is 5.91 Å². The molecule has 0 aliphatic carbocycles. The van der Waals surface area contributed by atoms with Crippen molar-refractivity contribution < 1.29 is 19.1 Å². The Labute approximate surface area is 179 Å². The Morgan fingerprint density at radius 3 is 2.48 bits per heavy atom. The van der Waals surface area contributed by atoms with E-state index in [0.29, 0.717) is 23.5 Å². The van der Waals surface area contributed by atoms with Crippen molar-refractivity contribution in [1.82, 2.24) is 5.32 Å². The fourth-order valence-electron chi connectivity index (χ4n) is 2.72. The first-order valence-corrected chi connectivity index (χ1v) is 10.0. The summed E-state index contributed by atoms with van der Waals surface area (Å²) in [5, 5.41) is 5.40. The minimum Gasteiger partial charge on any atom is -0.494 e. The minimum atomic E-state index is -0.786. The molecule has 2 aromatic rings. The molecule has 4 N–H and O–H groups in total.